The number of esters is 1. The largest absolute Gasteiger partial charge is 0.496 e. The third kappa shape index (κ3) is 3.85. The second kappa shape index (κ2) is 8.59. The second-order valence-electron chi connectivity index (χ2n) is 7.58. The summed E-state index contributed by atoms with van der Waals surface area (Å²) in [7, 11) is 2.84. The van der Waals surface area contributed by atoms with Gasteiger partial charge in [-0.25, -0.2) is 4.79 Å². The quantitative estimate of drug-likeness (QED) is 0.679. The third-order valence-corrected chi connectivity index (χ3v) is 6.09. The predicted octanol–water partition coefficient (Wildman–Crippen LogP) is 3.33. The van der Waals surface area contributed by atoms with Crippen molar-refractivity contribution in [2.75, 3.05) is 32.2 Å². The first-order chi connectivity index (χ1) is 14.9. The Morgan fingerprint density at radius 2 is 1.87 bits per heavy atom. The van der Waals surface area contributed by atoms with Gasteiger partial charge in [0.15, 0.2) is 0 Å². The number of carbonyl (C=O) groups excluding carboxylic acids is 3. The Morgan fingerprint density at radius 1 is 1.06 bits per heavy atom. The van der Waals surface area contributed by atoms with E-state index in [1.807, 2.05) is 0 Å². The minimum absolute atomic E-state index is 0.114. The van der Waals surface area contributed by atoms with Crippen molar-refractivity contribution >= 4 is 35.1 Å². The first kappa shape index (κ1) is 21.2. The monoisotopic (exact) mass is 442 g/mol. The van der Waals surface area contributed by atoms with Crippen LogP contribution < -0.4 is 9.64 Å². The van der Waals surface area contributed by atoms with Crippen LogP contribution in [0.25, 0.3) is 0 Å². The lowest BCUT2D eigenvalue weighted by Crippen LogP contribution is -2.47. The SMILES string of the molecule is COC(=O)c1ccc2c(c1)CCN2C(=O)C1CCCN1C(=O)c1cc(Cl)ccc1OC. The van der Waals surface area contributed by atoms with E-state index in [-0.39, 0.29) is 11.8 Å². The lowest BCUT2D eigenvalue weighted by atomic mass is 10.1. The zero-order valence-corrected chi connectivity index (χ0v) is 18.1. The van der Waals surface area contributed by atoms with E-state index in [1.165, 1.54) is 14.2 Å². The number of methoxy groups -OCH3 is 2. The molecule has 8 heteroatoms. The minimum atomic E-state index is -0.553. The molecule has 1 unspecified atom stereocenters. The van der Waals surface area contributed by atoms with E-state index >= 15 is 0 Å². The predicted molar refractivity (Wildman–Crippen MR) is 116 cm³/mol. The lowest BCUT2D eigenvalue weighted by Gasteiger charge is -2.28. The molecule has 162 valence electrons. The average Bonchev–Trinajstić information content (AvgIpc) is 3.44. The van der Waals surface area contributed by atoms with E-state index in [0.29, 0.717) is 47.8 Å². The van der Waals surface area contributed by atoms with Gasteiger partial charge >= 0.3 is 5.97 Å². The minimum Gasteiger partial charge on any atom is -0.496 e. The van der Waals surface area contributed by atoms with Crippen molar-refractivity contribution in [3.63, 3.8) is 0 Å². The number of fused-ring (bicyclic) bond motifs is 1. The molecule has 31 heavy (non-hydrogen) atoms. The number of nitrogens with zero attached hydrogens (tertiary/aromatic N) is 2. The van der Waals surface area contributed by atoms with Crippen LogP contribution in [0.1, 0.15) is 39.1 Å². The average molecular weight is 443 g/mol. The maximum Gasteiger partial charge on any atom is 0.337 e. The molecule has 4 rings (SSSR count). The Kier molecular flexibility index (Phi) is 5.87. The zero-order valence-electron chi connectivity index (χ0n) is 17.4. The molecule has 2 heterocycles. The van der Waals surface area contributed by atoms with Crippen molar-refractivity contribution in [3.8, 4) is 5.75 Å². The number of benzene rings is 2. The molecule has 2 aliphatic rings. The van der Waals surface area contributed by atoms with Crippen LogP contribution in [-0.2, 0) is 16.0 Å². The van der Waals surface area contributed by atoms with Crippen molar-refractivity contribution in [2.45, 2.75) is 25.3 Å². The number of rotatable bonds is 4. The number of ether oxygens (including phenoxy) is 2. The van der Waals surface area contributed by atoms with Gasteiger partial charge in [0.25, 0.3) is 5.91 Å². The Balaban J connectivity index is 1.58. The Morgan fingerprint density at radius 3 is 2.61 bits per heavy atom. The molecule has 7 nitrogen and oxygen atoms in total. The molecule has 0 aromatic heterocycles. The highest BCUT2D eigenvalue weighted by molar-refractivity contribution is 6.31. The molecule has 1 saturated heterocycles. The molecule has 2 aromatic rings. The standard InChI is InChI=1S/C23H23ClN2O5/c1-30-20-8-6-16(24)13-17(20)21(27)25-10-3-4-19(25)22(28)26-11-9-14-12-15(23(29)31-2)5-7-18(14)26/h5-8,12-13,19H,3-4,9-11H2,1-2H3. The first-order valence-electron chi connectivity index (χ1n) is 10.1. The molecule has 1 atom stereocenters. The highest BCUT2D eigenvalue weighted by Crippen LogP contribution is 2.33. The van der Waals surface area contributed by atoms with Crippen molar-refractivity contribution in [1.82, 2.24) is 4.90 Å². The van der Waals surface area contributed by atoms with Crippen molar-refractivity contribution in [3.05, 3.63) is 58.1 Å². The van der Waals surface area contributed by atoms with Gasteiger partial charge in [-0.3, -0.25) is 9.59 Å². The summed E-state index contributed by atoms with van der Waals surface area (Å²) in [5.41, 5.74) is 2.50. The molecular formula is C23H23ClN2O5. The molecule has 2 aromatic carbocycles. The Labute approximate surface area is 185 Å². The molecular weight excluding hydrogens is 420 g/mol. The van der Waals surface area contributed by atoms with Crippen LogP contribution in [0.3, 0.4) is 0 Å². The number of likely N-dealkylation sites (tertiary alicyclic amines) is 1. The summed E-state index contributed by atoms with van der Waals surface area (Å²) in [6.45, 7) is 1.00. The maximum absolute atomic E-state index is 13.4. The van der Waals surface area contributed by atoms with Crippen molar-refractivity contribution in [1.29, 1.82) is 0 Å². The van der Waals surface area contributed by atoms with Crippen molar-refractivity contribution < 1.29 is 23.9 Å². The van der Waals surface area contributed by atoms with E-state index in [2.05, 4.69) is 0 Å². The van der Waals surface area contributed by atoms with Crippen LogP contribution in [0.5, 0.6) is 5.75 Å². The fourth-order valence-electron chi connectivity index (χ4n) is 4.32. The molecule has 0 spiro atoms. The summed E-state index contributed by atoms with van der Waals surface area (Å²) in [4.78, 5) is 41.8. The van der Waals surface area contributed by atoms with Gasteiger partial charge in [0.1, 0.15) is 11.8 Å². The van der Waals surface area contributed by atoms with E-state index in [4.69, 9.17) is 21.1 Å². The number of amides is 2. The van der Waals surface area contributed by atoms with Crippen LogP contribution in [-0.4, -0.2) is 56.0 Å². The number of anilines is 1. The summed E-state index contributed by atoms with van der Waals surface area (Å²) in [5, 5.41) is 0.432. The van der Waals surface area contributed by atoms with E-state index in [1.54, 1.807) is 46.2 Å². The summed E-state index contributed by atoms with van der Waals surface area (Å²) in [6, 6.07) is 9.52. The molecule has 0 aliphatic carbocycles. The molecule has 1 fully saturated rings. The van der Waals surface area contributed by atoms with Crippen LogP contribution in [0.2, 0.25) is 5.02 Å². The molecule has 0 N–H and O–H groups in total. The maximum atomic E-state index is 13.4. The normalized spacial score (nSPS) is 17.5. The number of halogens is 1. The second-order valence-corrected chi connectivity index (χ2v) is 8.01. The summed E-state index contributed by atoms with van der Waals surface area (Å²) in [5.74, 6) is -0.364. The van der Waals surface area contributed by atoms with Gasteiger partial charge in [0, 0.05) is 23.8 Å². The van der Waals surface area contributed by atoms with Crippen LogP contribution in [0.15, 0.2) is 36.4 Å². The van der Waals surface area contributed by atoms with Crippen LogP contribution in [0.4, 0.5) is 5.69 Å². The fourth-order valence-corrected chi connectivity index (χ4v) is 4.50. The summed E-state index contributed by atoms with van der Waals surface area (Å²) >= 11 is 6.09. The molecule has 0 bridgehead atoms. The molecule has 0 saturated carbocycles. The van der Waals surface area contributed by atoms with E-state index < -0.39 is 12.0 Å². The molecule has 2 amide bonds. The van der Waals surface area contributed by atoms with E-state index in [0.717, 1.165) is 17.7 Å². The van der Waals surface area contributed by atoms with Crippen LogP contribution >= 0.6 is 11.6 Å². The lowest BCUT2D eigenvalue weighted by molar-refractivity contribution is -0.122. The summed E-state index contributed by atoms with van der Waals surface area (Å²) < 4.78 is 10.1. The number of hydrogen-bond donors (Lipinski definition) is 0. The highest BCUT2D eigenvalue weighted by atomic mass is 35.5. The Bertz CT molecular complexity index is 1050. The molecule has 0 radical (unpaired) electrons. The first-order valence-corrected chi connectivity index (χ1v) is 10.5. The zero-order chi connectivity index (χ0) is 22.1. The van der Waals surface area contributed by atoms with Gasteiger partial charge in [-0.1, -0.05) is 11.6 Å². The summed E-state index contributed by atoms with van der Waals surface area (Å²) in [6.07, 6.45) is 1.99. The van der Waals surface area contributed by atoms with Gasteiger partial charge in [0.2, 0.25) is 5.91 Å². The van der Waals surface area contributed by atoms with Gasteiger partial charge in [-0.2, -0.15) is 0 Å². The number of hydrogen-bond acceptors (Lipinski definition) is 5. The fraction of sp³-hybridized carbons (Fsp3) is 0.348. The Hall–Kier alpha value is -3.06. The van der Waals surface area contributed by atoms with E-state index in [9.17, 15) is 14.4 Å². The van der Waals surface area contributed by atoms with Gasteiger partial charge in [-0.15, -0.1) is 0 Å². The van der Waals surface area contributed by atoms with Gasteiger partial charge < -0.3 is 19.3 Å². The highest BCUT2D eigenvalue weighted by Gasteiger charge is 2.39. The topological polar surface area (TPSA) is 76.2 Å². The van der Waals surface area contributed by atoms with Gasteiger partial charge in [0.05, 0.1) is 25.3 Å². The number of carbonyl (C=O) groups is 3. The smallest absolute Gasteiger partial charge is 0.337 e. The molecule has 2 aliphatic heterocycles. The third-order valence-electron chi connectivity index (χ3n) is 5.85. The van der Waals surface area contributed by atoms with Crippen LogP contribution in [0, 0.1) is 0 Å². The van der Waals surface area contributed by atoms with Crippen molar-refractivity contribution in [2.24, 2.45) is 0 Å². The van der Waals surface area contributed by atoms with Gasteiger partial charge in [-0.05, 0) is 61.2 Å².